The fraction of sp³-hybridized carbons (Fsp3) is 0.875. The molecule has 0 heterocycles. The first-order valence-corrected chi connectivity index (χ1v) is 4.91. The second kappa shape index (κ2) is 1.96. The van der Waals surface area contributed by atoms with Crippen LogP contribution in [0.3, 0.4) is 0 Å². The first-order valence-electron chi connectivity index (χ1n) is 3.83. The average Bonchev–Trinajstić information content (AvgIpc) is 1.77. The highest BCUT2D eigenvalue weighted by Gasteiger charge is 2.52. The summed E-state index contributed by atoms with van der Waals surface area (Å²) in [6, 6.07) is 0. The predicted octanol–water partition coefficient (Wildman–Crippen LogP) is 2.18. The van der Waals surface area contributed by atoms with Gasteiger partial charge in [-0.05, 0) is 19.3 Å². The van der Waals surface area contributed by atoms with Gasteiger partial charge >= 0.3 is 0 Å². The lowest BCUT2D eigenvalue weighted by atomic mass is 9.61. The van der Waals surface area contributed by atoms with Crippen molar-refractivity contribution in [2.45, 2.75) is 29.6 Å². The Bertz CT molecular complexity index is 178. The van der Waals surface area contributed by atoms with Crippen molar-refractivity contribution < 1.29 is 4.79 Å². The molecule has 0 N–H and O–H groups in total. The molecule has 0 aromatic carbocycles. The molecule has 10 heavy (non-hydrogen) atoms. The van der Waals surface area contributed by atoms with Gasteiger partial charge in [-0.1, -0.05) is 29.5 Å². The maximum Gasteiger partial charge on any atom is 0.138 e. The van der Waals surface area contributed by atoms with Gasteiger partial charge in [-0.2, -0.15) is 0 Å². The highest BCUT2D eigenvalue weighted by molar-refractivity contribution is 14.1. The van der Waals surface area contributed by atoms with Gasteiger partial charge in [0.1, 0.15) is 5.78 Å². The van der Waals surface area contributed by atoms with Crippen molar-refractivity contribution in [3.05, 3.63) is 0 Å². The molecule has 0 aromatic heterocycles. The largest absolute Gasteiger partial charge is 0.299 e. The number of hydrogen-bond donors (Lipinski definition) is 0. The van der Waals surface area contributed by atoms with E-state index in [-0.39, 0.29) is 0 Å². The number of Topliss-reactive ketones (excluding diaryl/α,β-unsaturated/α-hetero) is 1. The van der Waals surface area contributed by atoms with Gasteiger partial charge in [0.25, 0.3) is 0 Å². The number of halogens is 1. The van der Waals surface area contributed by atoms with Crippen LogP contribution in [-0.4, -0.2) is 9.20 Å². The van der Waals surface area contributed by atoms with Crippen molar-refractivity contribution in [3.63, 3.8) is 0 Å². The molecule has 1 unspecified atom stereocenters. The van der Waals surface area contributed by atoms with Crippen LogP contribution in [0.5, 0.6) is 0 Å². The summed E-state index contributed by atoms with van der Waals surface area (Å²) in [7, 11) is 0. The van der Waals surface area contributed by atoms with E-state index in [0.29, 0.717) is 21.0 Å². The number of ketones is 1. The maximum atomic E-state index is 11.3. The molecule has 0 aromatic rings. The lowest BCUT2D eigenvalue weighted by Gasteiger charge is -2.50. The minimum atomic E-state index is 0.351. The molecule has 3 saturated carbocycles. The van der Waals surface area contributed by atoms with E-state index in [1.165, 1.54) is 0 Å². The van der Waals surface area contributed by atoms with Crippen LogP contribution >= 0.6 is 22.6 Å². The molecule has 3 rings (SSSR count). The van der Waals surface area contributed by atoms with Crippen molar-refractivity contribution in [3.8, 4) is 0 Å². The van der Waals surface area contributed by atoms with Crippen molar-refractivity contribution in [1.29, 1.82) is 0 Å². The summed E-state index contributed by atoms with van der Waals surface area (Å²) in [5.74, 6) is 1.32. The maximum absolute atomic E-state index is 11.3. The molecule has 3 fully saturated rings. The topological polar surface area (TPSA) is 17.1 Å². The van der Waals surface area contributed by atoms with Crippen LogP contribution < -0.4 is 0 Å². The van der Waals surface area contributed by atoms with E-state index < -0.39 is 0 Å². The fourth-order valence-corrected chi connectivity index (χ4v) is 3.97. The number of carbonyl (C=O) groups excluding carboxylic acids is 1. The smallest absolute Gasteiger partial charge is 0.138 e. The van der Waals surface area contributed by atoms with Gasteiger partial charge in [-0.3, -0.25) is 4.79 Å². The zero-order valence-electron chi connectivity index (χ0n) is 6.06. The van der Waals surface area contributed by atoms with Crippen LogP contribution in [0.25, 0.3) is 0 Å². The molecule has 1 atom stereocenters. The molecule has 0 spiro atoms. The molecule has 0 amide bonds. The van der Waals surface area contributed by atoms with Crippen LogP contribution in [0.1, 0.15) is 26.2 Å². The molecule has 2 bridgehead atoms. The first kappa shape index (κ1) is 7.07. The van der Waals surface area contributed by atoms with Gasteiger partial charge in [0.05, 0.1) is 0 Å². The summed E-state index contributed by atoms with van der Waals surface area (Å²) in [4.78, 5) is 11.3. The third kappa shape index (κ3) is 0.840. The number of alkyl halides is 1. The van der Waals surface area contributed by atoms with E-state index in [1.54, 1.807) is 0 Å². The predicted molar refractivity (Wildman–Crippen MR) is 48.3 cm³/mol. The molecular weight excluding hydrogens is 239 g/mol. The molecule has 56 valence electrons. The Morgan fingerprint density at radius 2 is 2.10 bits per heavy atom. The van der Waals surface area contributed by atoms with Crippen LogP contribution in [0.15, 0.2) is 0 Å². The highest BCUT2D eigenvalue weighted by Crippen LogP contribution is 2.54. The van der Waals surface area contributed by atoms with E-state index >= 15 is 0 Å². The Morgan fingerprint density at radius 3 is 2.50 bits per heavy atom. The molecule has 0 saturated heterocycles. The lowest BCUT2D eigenvalue weighted by Crippen LogP contribution is -2.51. The molecule has 0 radical (unpaired) electrons. The molecule has 3 aliphatic rings. The second-order valence-electron chi connectivity index (χ2n) is 3.76. The Kier molecular flexibility index (Phi) is 1.39. The van der Waals surface area contributed by atoms with E-state index in [0.717, 1.165) is 19.3 Å². The van der Waals surface area contributed by atoms with Gasteiger partial charge in [-0.25, -0.2) is 0 Å². The van der Waals surface area contributed by atoms with Crippen molar-refractivity contribution >= 4 is 28.4 Å². The van der Waals surface area contributed by atoms with E-state index in [4.69, 9.17) is 0 Å². The third-order valence-electron chi connectivity index (χ3n) is 2.78. The normalized spacial score (nSPS) is 52.4. The minimum absolute atomic E-state index is 0.351. The van der Waals surface area contributed by atoms with Crippen LogP contribution in [0, 0.1) is 11.8 Å². The third-order valence-corrected chi connectivity index (χ3v) is 4.11. The molecular formula is C8H11IO. The number of rotatable bonds is 0. The Labute approximate surface area is 74.7 Å². The van der Waals surface area contributed by atoms with Gasteiger partial charge in [0.2, 0.25) is 0 Å². The number of carbonyl (C=O) groups is 1. The number of hydrogen-bond acceptors (Lipinski definition) is 1. The van der Waals surface area contributed by atoms with Crippen molar-refractivity contribution in [2.75, 3.05) is 0 Å². The van der Waals surface area contributed by atoms with Gasteiger partial charge in [-0.15, -0.1) is 0 Å². The van der Waals surface area contributed by atoms with Gasteiger partial charge < -0.3 is 0 Å². The minimum Gasteiger partial charge on any atom is -0.299 e. The summed E-state index contributed by atoms with van der Waals surface area (Å²) < 4.78 is 0.524. The quantitative estimate of drug-likeness (QED) is 0.475. The molecule has 3 aliphatic carbocycles. The molecule has 1 nitrogen and oxygen atoms in total. The summed E-state index contributed by atoms with van der Waals surface area (Å²) in [6.07, 6.45) is 3.45. The van der Waals surface area contributed by atoms with Crippen LogP contribution in [0.2, 0.25) is 0 Å². The zero-order chi connectivity index (χ0) is 7.35. The summed E-state index contributed by atoms with van der Waals surface area (Å²) >= 11 is 2.53. The summed E-state index contributed by atoms with van der Waals surface area (Å²) in [6.45, 7) is 2.07. The summed E-state index contributed by atoms with van der Waals surface area (Å²) in [5, 5.41) is 0. The monoisotopic (exact) mass is 250 g/mol. The van der Waals surface area contributed by atoms with Crippen LogP contribution in [0.4, 0.5) is 0 Å². The fourth-order valence-electron chi connectivity index (χ4n) is 2.24. The van der Waals surface area contributed by atoms with Crippen molar-refractivity contribution in [1.82, 2.24) is 0 Å². The number of fused-ring (bicyclic) bond motifs is 2. The van der Waals surface area contributed by atoms with Gasteiger partial charge in [0.15, 0.2) is 0 Å². The van der Waals surface area contributed by atoms with E-state index in [2.05, 4.69) is 29.5 Å². The lowest BCUT2D eigenvalue weighted by molar-refractivity contribution is -0.134. The zero-order valence-corrected chi connectivity index (χ0v) is 8.22. The first-order chi connectivity index (χ1) is 4.61. The van der Waals surface area contributed by atoms with E-state index in [1.807, 2.05) is 0 Å². The second-order valence-corrected chi connectivity index (χ2v) is 6.05. The van der Waals surface area contributed by atoms with E-state index in [9.17, 15) is 4.79 Å². The SMILES string of the molecule is CC1CC2(I)CC(C2)C1=O. The average molecular weight is 250 g/mol. The Morgan fingerprint density at radius 1 is 1.50 bits per heavy atom. The molecule has 2 heteroatoms. The van der Waals surface area contributed by atoms with Crippen molar-refractivity contribution in [2.24, 2.45) is 11.8 Å². The van der Waals surface area contributed by atoms with Gasteiger partial charge in [0, 0.05) is 15.3 Å². The standard InChI is InChI=1S/C8H11IO/c1-5-2-8(9)3-6(4-8)7(5)10/h5-6H,2-4H2,1H3. The highest BCUT2D eigenvalue weighted by atomic mass is 127. The summed E-state index contributed by atoms with van der Waals surface area (Å²) in [5.41, 5.74) is 0. The Balaban J connectivity index is 2.17. The molecule has 0 aliphatic heterocycles. The Hall–Kier alpha value is 0.400. The van der Waals surface area contributed by atoms with Crippen LogP contribution in [-0.2, 0) is 4.79 Å².